The summed E-state index contributed by atoms with van der Waals surface area (Å²) in [6.07, 6.45) is 13.5. The fourth-order valence-electron chi connectivity index (χ4n) is 6.20. The summed E-state index contributed by atoms with van der Waals surface area (Å²) in [4.78, 5) is 35.4. The molecule has 170 valence electrons. The Morgan fingerprint density at radius 2 is 1.50 bits per heavy atom. The molecule has 0 spiro atoms. The Hall–Kier alpha value is -1.59. The maximum Gasteiger partial charge on any atom is 0.315 e. The average Bonchev–Trinajstić information content (AvgIpc) is 2.68. The fourth-order valence-corrected chi connectivity index (χ4v) is 6.20. The molecule has 30 heavy (non-hydrogen) atoms. The maximum absolute atomic E-state index is 12.4. The van der Waals surface area contributed by atoms with Crippen molar-refractivity contribution in [2.24, 2.45) is 17.8 Å². The van der Waals surface area contributed by atoms with E-state index in [4.69, 9.17) is 4.74 Å². The molecule has 0 aliphatic heterocycles. The first-order valence-electron chi connectivity index (χ1n) is 12.2. The van der Waals surface area contributed by atoms with E-state index in [1.807, 2.05) is 6.92 Å². The van der Waals surface area contributed by atoms with Crippen LogP contribution in [0, 0.1) is 17.8 Å². The molecule has 0 unspecified atom stereocenters. The van der Waals surface area contributed by atoms with Gasteiger partial charge >= 0.3 is 12.0 Å². The highest BCUT2D eigenvalue weighted by Crippen LogP contribution is 2.55. The molecule has 4 aliphatic rings. The molecule has 4 rings (SSSR count). The van der Waals surface area contributed by atoms with E-state index in [2.05, 4.69) is 10.6 Å². The Balaban J connectivity index is 1.18. The number of rotatable bonds is 13. The summed E-state index contributed by atoms with van der Waals surface area (Å²) < 4.78 is 5.25. The summed E-state index contributed by atoms with van der Waals surface area (Å²) in [5, 5.41) is 6.23. The number of ether oxygens (including phenoxy) is 1. The molecule has 0 aromatic rings. The van der Waals surface area contributed by atoms with E-state index in [-0.39, 0.29) is 17.5 Å². The molecule has 0 aromatic heterocycles. The molecule has 4 aliphatic carbocycles. The van der Waals surface area contributed by atoms with Gasteiger partial charge in [-0.1, -0.05) is 19.8 Å². The lowest BCUT2D eigenvalue weighted by atomic mass is 9.53. The first-order valence-corrected chi connectivity index (χ1v) is 12.2. The van der Waals surface area contributed by atoms with Crippen LogP contribution in [0.3, 0.4) is 0 Å². The number of ketones is 1. The molecule has 6 heteroatoms. The minimum Gasteiger partial charge on any atom is -0.466 e. The van der Waals surface area contributed by atoms with Crippen LogP contribution in [0.1, 0.15) is 96.8 Å². The topological polar surface area (TPSA) is 84.5 Å². The first kappa shape index (κ1) is 23.1. The molecule has 4 saturated carbocycles. The van der Waals surface area contributed by atoms with Crippen molar-refractivity contribution in [3.63, 3.8) is 0 Å². The second-order valence-corrected chi connectivity index (χ2v) is 9.96. The van der Waals surface area contributed by atoms with Crippen molar-refractivity contribution in [1.29, 1.82) is 0 Å². The zero-order chi connectivity index (χ0) is 21.4. The van der Waals surface area contributed by atoms with Crippen LogP contribution >= 0.6 is 0 Å². The molecule has 0 atom stereocenters. The molecule has 4 fully saturated rings. The summed E-state index contributed by atoms with van der Waals surface area (Å²) in [6, 6.07) is -0.0770. The second-order valence-electron chi connectivity index (χ2n) is 9.96. The summed E-state index contributed by atoms with van der Waals surface area (Å²) in [5.41, 5.74) is 0.0294. The van der Waals surface area contributed by atoms with Gasteiger partial charge < -0.3 is 15.4 Å². The minimum atomic E-state index is -0.195. The standard InChI is InChI=1S/C24H40N2O4/c1-2-21(27)8-5-3-4-6-11-30-22(28)9-7-10-25-23(29)26-24-15-18-12-19(16-24)14-20(13-18)17-24/h18-20H,2-17H2,1H3,(H2,25,26,29). The smallest absolute Gasteiger partial charge is 0.315 e. The van der Waals surface area contributed by atoms with E-state index in [1.165, 1.54) is 19.3 Å². The number of carbonyl (C=O) groups is 3. The molecule has 0 radical (unpaired) electrons. The number of unbranched alkanes of at least 4 members (excludes halogenated alkanes) is 3. The van der Waals surface area contributed by atoms with Gasteiger partial charge in [-0.05, 0) is 75.5 Å². The van der Waals surface area contributed by atoms with Gasteiger partial charge in [-0.3, -0.25) is 9.59 Å². The van der Waals surface area contributed by atoms with Crippen molar-refractivity contribution < 1.29 is 19.1 Å². The van der Waals surface area contributed by atoms with Gasteiger partial charge in [0.1, 0.15) is 5.78 Å². The van der Waals surface area contributed by atoms with E-state index < -0.39 is 0 Å². The second kappa shape index (κ2) is 11.1. The minimum absolute atomic E-state index is 0.0294. The van der Waals surface area contributed by atoms with Crippen molar-refractivity contribution in [2.45, 2.75) is 102 Å². The van der Waals surface area contributed by atoms with Crippen LogP contribution in [0.2, 0.25) is 0 Å². The van der Waals surface area contributed by atoms with E-state index in [9.17, 15) is 14.4 Å². The van der Waals surface area contributed by atoms with Gasteiger partial charge in [0.25, 0.3) is 0 Å². The largest absolute Gasteiger partial charge is 0.466 e. The van der Waals surface area contributed by atoms with Gasteiger partial charge in [-0.25, -0.2) is 4.79 Å². The van der Waals surface area contributed by atoms with Crippen LogP contribution < -0.4 is 10.6 Å². The lowest BCUT2D eigenvalue weighted by Crippen LogP contribution is -2.61. The van der Waals surface area contributed by atoms with Gasteiger partial charge in [0.15, 0.2) is 0 Å². The SMILES string of the molecule is CCC(=O)CCCCCCOC(=O)CCCNC(=O)NC12CC3CC(CC(C3)C1)C2. The van der Waals surface area contributed by atoms with E-state index in [0.717, 1.165) is 62.7 Å². The van der Waals surface area contributed by atoms with Gasteiger partial charge in [0.05, 0.1) is 6.61 Å². The number of nitrogens with one attached hydrogen (secondary N) is 2. The lowest BCUT2D eigenvalue weighted by Gasteiger charge is -2.56. The number of hydrogen-bond donors (Lipinski definition) is 2. The van der Waals surface area contributed by atoms with Crippen LogP contribution in [0.5, 0.6) is 0 Å². The fraction of sp³-hybridized carbons (Fsp3) is 0.875. The predicted molar refractivity (Wildman–Crippen MR) is 116 cm³/mol. The first-order chi connectivity index (χ1) is 14.5. The number of carbonyl (C=O) groups excluding carboxylic acids is 3. The maximum atomic E-state index is 12.4. The number of esters is 1. The van der Waals surface area contributed by atoms with Gasteiger partial charge in [0, 0.05) is 31.3 Å². The molecule has 6 nitrogen and oxygen atoms in total. The Morgan fingerprint density at radius 3 is 2.13 bits per heavy atom. The Labute approximate surface area is 181 Å². The highest BCUT2D eigenvalue weighted by atomic mass is 16.5. The summed E-state index contributed by atoms with van der Waals surface area (Å²) in [5.74, 6) is 2.56. The summed E-state index contributed by atoms with van der Waals surface area (Å²) in [7, 11) is 0. The average molecular weight is 421 g/mol. The highest BCUT2D eigenvalue weighted by molar-refractivity contribution is 5.77. The van der Waals surface area contributed by atoms with Crippen molar-refractivity contribution in [1.82, 2.24) is 10.6 Å². The molecule has 0 saturated heterocycles. The van der Waals surface area contributed by atoms with Crippen molar-refractivity contribution in [2.75, 3.05) is 13.2 Å². The molecule has 4 bridgehead atoms. The number of urea groups is 1. The third-order valence-electron chi connectivity index (χ3n) is 7.27. The predicted octanol–water partition coefficient (Wildman–Crippen LogP) is 4.51. The van der Waals surface area contributed by atoms with E-state index >= 15 is 0 Å². The molecule has 0 aromatic carbocycles. The van der Waals surface area contributed by atoms with Crippen molar-refractivity contribution in [3.8, 4) is 0 Å². The molecule has 0 heterocycles. The van der Waals surface area contributed by atoms with Gasteiger partial charge in [0.2, 0.25) is 0 Å². The Morgan fingerprint density at radius 1 is 0.867 bits per heavy atom. The molecule has 2 amide bonds. The van der Waals surface area contributed by atoms with E-state index in [0.29, 0.717) is 44.6 Å². The number of hydrogen-bond acceptors (Lipinski definition) is 4. The zero-order valence-corrected chi connectivity index (χ0v) is 18.7. The van der Waals surface area contributed by atoms with Crippen LogP contribution in [-0.2, 0) is 14.3 Å². The normalized spacial score (nSPS) is 28.9. The highest BCUT2D eigenvalue weighted by Gasteiger charge is 2.51. The third-order valence-corrected chi connectivity index (χ3v) is 7.27. The molecule has 2 N–H and O–H groups in total. The van der Waals surface area contributed by atoms with Gasteiger partial charge in [-0.2, -0.15) is 0 Å². The van der Waals surface area contributed by atoms with Crippen LogP contribution in [0.4, 0.5) is 4.79 Å². The Kier molecular flexibility index (Phi) is 8.58. The van der Waals surface area contributed by atoms with Crippen molar-refractivity contribution in [3.05, 3.63) is 0 Å². The van der Waals surface area contributed by atoms with Crippen molar-refractivity contribution >= 4 is 17.8 Å². The number of Topliss-reactive ketones (excluding diaryl/α,β-unsaturated/α-hetero) is 1. The number of amides is 2. The molecular weight excluding hydrogens is 380 g/mol. The summed E-state index contributed by atoms with van der Waals surface area (Å²) in [6.45, 7) is 2.84. The van der Waals surface area contributed by atoms with Crippen LogP contribution in [0.25, 0.3) is 0 Å². The third kappa shape index (κ3) is 6.98. The quantitative estimate of drug-likeness (QED) is 0.339. The Bertz CT molecular complexity index is 569. The van der Waals surface area contributed by atoms with Crippen LogP contribution in [-0.4, -0.2) is 36.5 Å². The summed E-state index contributed by atoms with van der Waals surface area (Å²) >= 11 is 0. The van der Waals surface area contributed by atoms with Gasteiger partial charge in [-0.15, -0.1) is 0 Å². The lowest BCUT2D eigenvalue weighted by molar-refractivity contribution is -0.143. The van der Waals surface area contributed by atoms with Crippen LogP contribution in [0.15, 0.2) is 0 Å². The molecular formula is C24H40N2O4. The van der Waals surface area contributed by atoms with E-state index in [1.54, 1.807) is 0 Å². The zero-order valence-electron chi connectivity index (χ0n) is 18.7. The monoisotopic (exact) mass is 420 g/mol.